The Morgan fingerprint density at radius 3 is 2.82 bits per heavy atom. The fourth-order valence-corrected chi connectivity index (χ4v) is 4.30. The van der Waals surface area contributed by atoms with Crippen molar-refractivity contribution < 1.29 is 9.72 Å². The van der Waals surface area contributed by atoms with Crippen LogP contribution in [0.3, 0.4) is 0 Å². The quantitative estimate of drug-likeness (QED) is 0.463. The van der Waals surface area contributed by atoms with Gasteiger partial charge in [0.25, 0.3) is 11.6 Å². The largest absolute Gasteiger partial charge is 0.377 e. The molecule has 4 rings (SSSR count). The van der Waals surface area contributed by atoms with Gasteiger partial charge in [-0.3, -0.25) is 14.9 Å². The number of allylic oxidation sites excluding steroid dienone is 2. The van der Waals surface area contributed by atoms with Crippen molar-refractivity contribution in [1.82, 2.24) is 5.32 Å². The minimum Gasteiger partial charge on any atom is -0.377 e. The zero-order valence-corrected chi connectivity index (χ0v) is 15.3. The summed E-state index contributed by atoms with van der Waals surface area (Å²) in [5, 5.41) is 17.9. The molecule has 142 valence electrons. The van der Waals surface area contributed by atoms with Crippen molar-refractivity contribution in [3.8, 4) is 0 Å². The monoisotopic (exact) mass is 375 g/mol. The van der Waals surface area contributed by atoms with Gasteiger partial charge in [0.15, 0.2) is 0 Å². The van der Waals surface area contributed by atoms with Crippen molar-refractivity contribution in [2.24, 2.45) is 5.92 Å². The molecule has 3 unspecified atom stereocenters. The van der Waals surface area contributed by atoms with Crippen LogP contribution in [0, 0.1) is 16.0 Å². The van der Waals surface area contributed by atoms with Gasteiger partial charge in [0.1, 0.15) is 0 Å². The molecule has 3 atom stereocenters. The van der Waals surface area contributed by atoms with Gasteiger partial charge in [-0.2, -0.15) is 0 Å². The second-order valence-corrected chi connectivity index (χ2v) is 7.06. The van der Waals surface area contributed by atoms with Crippen molar-refractivity contribution >= 4 is 17.3 Å². The van der Waals surface area contributed by atoms with E-state index in [9.17, 15) is 14.9 Å². The number of para-hydroxylation sites is 2. The van der Waals surface area contributed by atoms with E-state index in [1.807, 2.05) is 18.2 Å². The molecule has 0 radical (unpaired) electrons. The summed E-state index contributed by atoms with van der Waals surface area (Å²) in [6.45, 7) is 4.01. The number of nitrogens with one attached hydrogen (secondary N) is 2. The number of benzene rings is 2. The lowest BCUT2D eigenvalue weighted by molar-refractivity contribution is -0.385. The number of anilines is 1. The van der Waals surface area contributed by atoms with Crippen molar-refractivity contribution in [1.29, 1.82) is 0 Å². The van der Waals surface area contributed by atoms with Crippen molar-refractivity contribution in [3.63, 3.8) is 0 Å². The predicted octanol–water partition coefficient (Wildman–Crippen LogP) is 4.34. The first-order chi connectivity index (χ1) is 13.6. The minimum absolute atomic E-state index is 0.0997. The van der Waals surface area contributed by atoms with E-state index >= 15 is 0 Å². The molecule has 1 aliphatic carbocycles. The molecule has 2 aliphatic rings. The Labute approximate surface area is 163 Å². The number of hydrogen-bond donors (Lipinski definition) is 2. The molecule has 2 aromatic rings. The molecule has 1 aliphatic heterocycles. The summed E-state index contributed by atoms with van der Waals surface area (Å²) in [6.07, 6.45) is 6.74. The summed E-state index contributed by atoms with van der Waals surface area (Å²) in [5.41, 5.74) is 3.10. The Balaban J connectivity index is 1.81. The van der Waals surface area contributed by atoms with Gasteiger partial charge in [-0.05, 0) is 24.0 Å². The number of fused-ring (bicyclic) bond motifs is 3. The Hall–Kier alpha value is -3.41. The number of nitro groups is 1. The summed E-state index contributed by atoms with van der Waals surface area (Å²) < 4.78 is 0. The zero-order valence-electron chi connectivity index (χ0n) is 15.3. The van der Waals surface area contributed by atoms with E-state index in [0.29, 0.717) is 17.7 Å². The highest BCUT2D eigenvalue weighted by atomic mass is 16.6. The van der Waals surface area contributed by atoms with Crippen LogP contribution in [-0.4, -0.2) is 17.4 Å². The molecule has 0 saturated carbocycles. The Bertz CT molecular complexity index is 983. The van der Waals surface area contributed by atoms with Crippen molar-refractivity contribution in [2.75, 3.05) is 11.9 Å². The Morgan fingerprint density at radius 1 is 1.25 bits per heavy atom. The molecule has 0 spiro atoms. The number of nitrogens with zero attached hydrogens (tertiary/aromatic N) is 1. The van der Waals surface area contributed by atoms with Gasteiger partial charge >= 0.3 is 0 Å². The average Bonchev–Trinajstić information content (AvgIpc) is 3.21. The van der Waals surface area contributed by atoms with Crippen LogP contribution in [0.1, 0.15) is 39.9 Å². The predicted molar refractivity (Wildman–Crippen MR) is 108 cm³/mol. The number of hydrogen-bond acceptors (Lipinski definition) is 4. The van der Waals surface area contributed by atoms with Gasteiger partial charge < -0.3 is 10.6 Å². The first-order valence-corrected chi connectivity index (χ1v) is 9.30. The highest BCUT2D eigenvalue weighted by Gasteiger charge is 2.41. The van der Waals surface area contributed by atoms with Gasteiger partial charge in [-0.1, -0.05) is 48.6 Å². The lowest BCUT2D eigenvalue weighted by Crippen LogP contribution is -2.32. The van der Waals surface area contributed by atoms with Gasteiger partial charge in [0, 0.05) is 18.5 Å². The van der Waals surface area contributed by atoms with Gasteiger partial charge in [-0.25, -0.2) is 0 Å². The molecule has 6 nitrogen and oxygen atoms in total. The average molecular weight is 375 g/mol. The molecule has 0 fully saturated rings. The number of carbonyl (C=O) groups excluding carboxylic acids is 1. The van der Waals surface area contributed by atoms with Gasteiger partial charge in [-0.15, -0.1) is 6.58 Å². The molecular weight excluding hydrogens is 354 g/mol. The third-order valence-corrected chi connectivity index (χ3v) is 5.52. The van der Waals surface area contributed by atoms with Gasteiger partial charge in [0.05, 0.1) is 27.8 Å². The summed E-state index contributed by atoms with van der Waals surface area (Å²) in [7, 11) is 0. The summed E-state index contributed by atoms with van der Waals surface area (Å²) in [4.78, 5) is 23.9. The number of amides is 1. The summed E-state index contributed by atoms with van der Waals surface area (Å²) in [5.74, 6) is 0.0966. The van der Waals surface area contributed by atoms with E-state index in [1.54, 1.807) is 24.3 Å². The number of rotatable bonds is 5. The van der Waals surface area contributed by atoms with Crippen LogP contribution in [-0.2, 0) is 0 Å². The Morgan fingerprint density at radius 2 is 2.04 bits per heavy atom. The molecule has 0 bridgehead atoms. The second-order valence-electron chi connectivity index (χ2n) is 7.06. The molecule has 0 saturated heterocycles. The first-order valence-electron chi connectivity index (χ1n) is 9.30. The van der Waals surface area contributed by atoms with E-state index in [2.05, 4.69) is 29.4 Å². The van der Waals surface area contributed by atoms with Crippen molar-refractivity contribution in [3.05, 3.63) is 94.1 Å². The van der Waals surface area contributed by atoms with E-state index < -0.39 is 0 Å². The van der Waals surface area contributed by atoms with E-state index in [-0.39, 0.29) is 34.4 Å². The molecule has 2 aromatic carbocycles. The maximum atomic E-state index is 12.7. The topological polar surface area (TPSA) is 84.3 Å². The lowest BCUT2D eigenvalue weighted by atomic mass is 9.76. The van der Waals surface area contributed by atoms with Gasteiger partial charge in [0.2, 0.25) is 0 Å². The Kier molecular flexibility index (Phi) is 4.69. The third kappa shape index (κ3) is 2.97. The summed E-state index contributed by atoms with van der Waals surface area (Å²) in [6, 6.07) is 12.3. The normalized spacial score (nSPS) is 21.9. The maximum absolute atomic E-state index is 12.7. The molecule has 1 heterocycles. The van der Waals surface area contributed by atoms with E-state index in [1.165, 1.54) is 6.07 Å². The first kappa shape index (κ1) is 18.0. The molecule has 2 N–H and O–H groups in total. The molecule has 1 amide bonds. The summed E-state index contributed by atoms with van der Waals surface area (Å²) >= 11 is 0. The fourth-order valence-electron chi connectivity index (χ4n) is 4.30. The maximum Gasteiger partial charge on any atom is 0.274 e. The zero-order chi connectivity index (χ0) is 19.7. The van der Waals surface area contributed by atoms with E-state index in [4.69, 9.17) is 0 Å². The number of carbonyl (C=O) groups is 1. The van der Waals surface area contributed by atoms with Crippen LogP contribution in [0.4, 0.5) is 11.4 Å². The minimum atomic E-state index is -0.341. The molecular formula is C22H21N3O3. The third-order valence-electron chi connectivity index (χ3n) is 5.52. The second kappa shape index (κ2) is 7.31. The highest BCUT2D eigenvalue weighted by molar-refractivity contribution is 6.01. The highest BCUT2D eigenvalue weighted by Crippen LogP contribution is 2.51. The van der Waals surface area contributed by atoms with Crippen LogP contribution in [0.2, 0.25) is 0 Å². The van der Waals surface area contributed by atoms with Crippen LogP contribution >= 0.6 is 0 Å². The fraction of sp³-hybridized carbons (Fsp3) is 0.227. The SMILES string of the molecule is C=CCNC(=O)c1cccc2c1NC(c1ccccc1[N+](=O)[O-])C1CC=CC21. The van der Waals surface area contributed by atoms with Crippen LogP contribution in [0.5, 0.6) is 0 Å². The smallest absolute Gasteiger partial charge is 0.274 e. The number of nitro benzene ring substituents is 1. The molecule has 28 heavy (non-hydrogen) atoms. The van der Waals surface area contributed by atoms with E-state index in [0.717, 1.165) is 17.7 Å². The molecule has 6 heteroatoms. The molecule has 0 aromatic heterocycles. The van der Waals surface area contributed by atoms with Crippen LogP contribution < -0.4 is 10.6 Å². The standard InChI is InChI=1S/C22H21N3O3/c1-2-13-23-22(26)18-11-6-10-16-14-8-5-9-15(14)20(24-21(16)18)17-7-3-4-12-19(17)25(27)28/h2-8,10-12,14-15,20,24H,1,9,13H2,(H,23,26). The van der Waals surface area contributed by atoms with Crippen molar-refractivity contribution in [2.45, 2.75) is 18.4 Å². The van der Waals surface area contributed by atoms with Crippen LogP contribution in [0.15, 0.2) is 67.3 Å². The van der Waals surface area contributed by atoms with Crippen LogP contribution in [0.25, 0.3) is 0 Å². The lowest BCUT2D eigenvalue weighted by Gasteiger charge is -2.38.